The summed E-state index contributed by atoms with van der Waals surface area (Å²) in [5.41, 5.74) is 5.68. The van der Waals surface area contributed by atoms with E-state index in [1.165, 1.54) is 0 Å². The Balaban J connectivity index is 1.67. The number of fused-ring (bicyclic) bond motifs is 1. The largest absolute Gasteiger partial charge is 0.339 e. The Morgan fingerprint density at radius 1 is 0.828 bits per heavy atom. The van der Waals surface area contributed by atoms with E-state index in [9.17, 15) is 4.79 Å². The highest BCUT2D eigenvalue weighted by molar-refractivity contribution is 5.98. The second-order valence-corrected chi connectivity index (χ2v) is 7.21. The van der Waals surface area contributed by atoms with Crippen LogP contribution in [0.25, 0.3) is 33.5 Å². The molecule has 1 aromatic heterocycles. The first kappa shape index (κ1) is 17.4. The zero-order valence-electron chi connectivity index (χ0n) is 15.9. The zero-order valence-corrected chi connectivity index (χ0v) is 15.9. The van der Waals surface area contributed by atoms with Crippen molar-refractivity contribution in [2.45, 2.75) is 12.8 Å². The summed E-state index contributed by atoms with van der Waals surface area (Å²) in [4.78, 5) is 24.5. The lowest BCUT2D eigenvalue weighted by atomic mass is 10.0. The molecule has 2 heterocycles. The summed E-state index contributed by atoms with van der Waals surface area (Å²) in [6, 6.07) is 27.2. The molecule has 0 unspecified atom stereocenters. The summed E-state index contributed by atoms with van der Waals surface area (Å²) in [6.07, 6.45) is 2.15. The molecule has 1 amide bonds. The smallest absolute Gasteiger partial charge is 0.253 e. The first-order valence-corrected chi connectivity index (χ1v) is 9.84. The third-order valence-corrected chi connectivity index (χ3v) is 5.28. The van der Waals surface area contributed by atoms with E-state index in [1.54, 1.807) is 0 Å². The monoisotopic (exact) mass is 377 g/mol. The Morgan fingerprint density at radius 3 is 2.34 bits per heavy atom. The van der Waals surface area contributed by atoms with E-state index >= 15 is 0 Å². The lowest BCUT2D eigenvalue weighted by Crippen LogP contribution is -2.27. The lowest BCUT2D eigenvalue weighted by molar-refractivity contribution is 0.0793. The molecule has 0 saturated carbocycles. The average molecular weight is 377 g/mol. The Hall–Kier alpha value is -3.71. The molecule has 140 valence electrons. The maximum absolute atomic E-state index is 12.8. The van der Waals surface area contributed by atoms with Crippen molar-refractivity contribution in [1.82, 2.24) is 14.9 Å². The van der Waals surface area contributed by atoms with Crippen LogP contribution >= 0.6 is 0 Å². The molecule has 5 rings (SSSR count). The van der Waals surface area contributed by atoms with Gasteiger partial charge in [0.15, 0.2) is 0 Å². The van der Waals surface area contributed by atoms with Gasteiger partial charge in [-0.3, -0.25) is 4.79 Å². The Morgan fingerprint density at radius 2 is 1.59 bits per heavy atom. The van der Waals surface area contributed by atoms with E-state index in [4.69, 9.17) is 9.97 Å². The van der Waals surface area contributed by atoms with Gasteiger partial charge in [-0.25, -0.2) is 9.97 Å². The molecule has 1 fully saturated rings. The van der Waals surface area contributed by atoms with Gasteiger partial charge in [0, 0.05) is 29.8 Å². The first-order valence-electron chi connectivity index (χ1n) is 9.84. The van der Waals surface area contributed by atoms with E-state index in [0.717, 1.165) is 59.5 Å². The van der Waals surface area contributed by atoms with Crippen LogP contribution in [-0.2, 0) is 0 Å². The number of nitrogens with zero attached hydrogens (tertiary/aromatic N) is 3. The normalized spacial score (nSPS) is 13.4. The van der Waals surface area contributed by atoms with Gasteiger partial charge in [-0.2, -0.15) is 0 Å². The number of benzene rings is 2. The molecule has 4 heteroatoms. The van der Waals surface area contributed by atoms with Gasteiger partial charge in [-0.1, -0.05) is 42.5 Å². The van der Waals surface area contributed by atoms with Crippen LogP contribution in [0.1, 0.15) is 23.2 Å². The highest BCUT2D eigenvalue weighted by Crippen LogP contribution is 2.30. The molecule has 4 aromatic rings. The molecular formula is C25H19N3O. The maximum atomic E-state index is 12.8. The van der Waals surface area contributed by atoms with Crippen molar-refractivity contribution >= 4 is 16.9 Å². The van der Waals surface area contributed by atoms with Crippen molar-refractivity contribution in [2.75, 3.05) is 13.1 Å². The Kier molecular flexibility index (Phi) is 4.42. The van der Waals surface area contributed by atoms with Gasteiger partial charge < -0.3 is 4.90 Å². The number of hydrogen-bond donors (Lipinski definition) is 0. The minimum atomic E-state index is 0.0718. The third kappa shape index (κ3) is 3.32. The fraction of sp³-hybridized carbons (Fsp3) is 0.160. The molecule has 0 aliphatic carbocycles. The highest BCUT2D eigenvalue weighted by atomic mass is 16.2. The lowest BCUT2D eigenvalue weighted by Gasteiger charge is -2.16. The van der Waals surface area contributed by atoms with Gasteiger partial charge in [0.2, 0.25) is 0 Å². The minimum absolute atomic E-state index is 0.0718. The molecular weight excluding hydrogens is 358 g/mol. The second kappa shape index (κ2) is 7.37. The van der Waals surface area contributed by atoms with Gasteiger partial charge in [-0.05, 0) is 49.2 Å². The number of amides is 1. The van der Waals surface area contributed by atoms with E-state index in [2.05, 4.69) is 12.1 Å². The molecule has 4 nitrogen and oxygen atoms in total. The van der Waals surface area contributed by atoms with Crippen molar-refractivity contribution in [3.63, 3.8) is 0 Å². The summed E-state index contributed by atoms with van der Waals surface area (Å²) in [5, 5.41) is 0. The highest BCUT2D eigenvalue weighted by Gasteiger charge is 2.20. The molecule has 1 saturated heterocycles. The quantitative estimate of drug-likeness (QED) is 0.515. The van der Waals surface area contributed by atoms with Crippen LogP contribution in [0.15, 0.2) is 66.7 Å². The maximum Gasteiger partial charge on any atom is 0.253 e. The molecule has 0 spiro atoms. The van der Waals surface area contributed by atoms with Crippen molar-refractivity contribution in [1.29, 1.82) is 0 Å². The standard InChI is InChI=1S/C25H19N3O/c29-25(28-15-7-8-16-28)20-13-14-21-22(17-20)27-24(19-11-5-2-6-12-19)23(26-21)18-9-3-1-4-10-18/h1,3-5,9-14,17H,7-8,15-16H2. The SMILES string of the molecule is O=C(c1ccc2nc(-c3ccccc3)c(-c3cc#ccc3)nc2c1)N1CCCC1. The first-order chi connectivity index (χ1) is 14.3. The number of aromatic nitrogens is 2. The number of hydrogen-bond acceptors (Lipinski definition) is 3. The molecule has 0 bridgehead atoms. The molecule has 3 aromatic carbocycles. The summed E-state index contributed by atoms with van der Waals surface area (Å²) in [6.45, 7) is 1.66. The van der Waals surface area contributed by atoms with Crippen LogP contribution in [0.4, 0.5) is 0 Å². The summed E-state index contributed by atoms with van der Waals surface area (Å²) < 4.78 is 0. The van der Waals surface area contributed by atoms with E-state index in [-0.39, 0.29) is 5.91 Å². The number of rotatable bonds is 3. The number of carbonyl (C=O) groups is 1. The van der Waals surface area contributed by atoms with Crippen molar-refractivity contribution < 1.29 is 4.79 Å². The fourth-order valence-electron chi connectivity index (χ4n) is 3.78. The van der Waals surface area contributed by atoms with Crippen LogP contribution in [-0.4, -0.2) is 33.9 Å². The van der Waals surface area contributed by atoms with E-state index in [1.807, 2.05) is 71.6 Å². The minimum Gasteiger partial charge on any atom is -0.339 e. The topological polar surface area (TPSA) is 46.1 Å². The molecule has 29 heavy (non-hydrogen) atoms. The fourth-order valence-corrected chi connectivity index (χ4v) is 3.78. The van der Waals surface area contributed by atoms with Crippen LogP contribution in [0.3, 0.4) is 0 Å². The molecule has 0 atom stereocenters. The van der Waals surface area contributed by atoms with Crippen LogP contribution in [0.2, 0.25) is 0 Å². The summed E-state index contributed by atoms with van der Waals surface area (Å²) >= 11 is 0. The van der Waals surface area contributed by atoms with Gasteiger partial charge in [0.25, 0.3) is 5.91 Å². The van der Waals surface area contributed by atoms with Gasteiger partial charge in [-0.15, -0.1) is 0 Å². The summed E-state index contributed by atoms with van der Waals surface area (Å²) in [5.74, 6) is 0.0718. The van der Waals surface area contributed by atoms with Crippen molar-refractivity contribution in [2.24, 2.45) is 0 Å². The van der Waals surface area contributed by atoms with Crippen LogP contribution in [0, 0.1) is 12.1 Å². The average Bonchev–Trinajstić information content (AvgIpc) is 3.33. The van der Waals surface area contributed by atoms with E-state index in [0.29, 0.717) is 5.56 Å². The van der Waals surface area contributed by atoms with Crippen LogP contribution < -0.4 is 0 Å². The molecule has 1 aliphatic heterocycles. The van der Waals surface area contributed by atoms with Gasteiger partial charge >= 0.3 is 0 Å². The summed E-state index contributed by atoms with van der Waals surface area (Å²) in [7, 11) is 0. The van der Waals surface area contributed by atoms with Gasteiger partial charge in [0.1, 0.15) is 0 Å². The Labute approximate surface area is 169 Å². The third-order valence-electron chi connectivity index (χ3n) is 5.28. The number of likely N-dealkylation sites (tertiary alicyclic amines) is 1. The predicted molar refractivity (Wildman–Crippen MR) is 113 cm³/mol. The molecule has 1 aliphatic rings. The molecule has 0 radical (unpaired) electrons. The number of carbonyl (C=O) groups excluding carboxylic acids is 1. The van der Waals surface area contributed by atoms with Gasteiger partial charge in [0.05, 0.1) is 22.4 Å². The zero-order chi connectivity index (χ0) is 19.6. The molecule has 0 N–H and O–H groups in total. The second-order valence-electron chi connectivity index (χ2n) is 7.21. The Bertz CT molecular complexity index is 1170. The van der Waals surface area contributed by atoms with Crippen molar-refractivity contribution in [3.05, 3.63) is 84.4 Å². The van der Waals surface area contributed by atoms with Crippen LogP contribution in [0.5, 0.6) is 0 Å². The van der Waals surface area contributed by atoms with Crippen molar-refractivity contribution in [3.8, 4) is 22.5 Å². The van der Waals surface area contributed by atoms with E-state index < -0.39 is 0 Å². The predicted octanol–water partition coefficient (Wildman–Crippen LogP) is 4.80.